The predicted octanol–water partition coefficient (Wildman–Crippen LogP) is 0.293. The fourth-order valence-electron chi connectivity index (χ4n) is 1.77. The Morgan fingerprint density at radius 1 is 1.29 bits per heavy atom. The first-order valence-corrected chi connectivity index (χ1v) is 8.86. The molecular weight excluding hydrogens is 336 g/mol. The molecular formula is C15H22N2O6S. The summed E-state index contributed by atoms with van der Waals surface area (Å²) < 4.78 is 36.2. The topological polar surface area (TPSA) is 111 Å². The molecule has 0 saturated heterocycles. The molecule has 24 heavy (non-hydrogen) atoms. The zero-order valence-corrected chi connectivity index (χ0v) is 14.7. The average molecular weight is 358 g/mol. The van der Waals surface area contributed by atoms with Gasteiger partial charge in [0.2, 0.25) is 10.0 Å². The Balaban J connectivity index is 2.84. The van der Waals surface area contributed by atoms with Crippen molar-refractivity contribution in [3.05, 3.63) is 29.8 Å². The van der Waals surface area contributed by atoms with E-state index in [2.05, 4.69) is 10.0 Å². The highest BCUT2D eigenvalue weighted by molar-refractivity contribution is 7.89. The maximum atomic E-state index is 12.1. The maximum Gasteiger partial charge on any atom is 0.328 e. The number of esters is 1. The van der Waals surface area contributed by atoms with Crippen molar-refractivity contribution in [3.8, 4) is 0 Å². The zero-order chi connectivity index (χ0) is 18.2. The SMILES string of the molecule is CCOC(=O)C(C)NC(=O)c1cccc(S(=O)(=O)NCCOC)c1. The van der Waals surface area contributed by atoms with Crippen molar-refractivity contribution in [1.82, 2.24) is 10.0 Å². The van der Waals surface area contributed by atoms with Crippen LogP contribution in [0.25, 0.3) is 0 Å². The minimum atomic E-state index is -3.74. The molecule has 2 N–H and O–H groups in total. The molecule has 0 bridgehead atoms. The van der Waals surface area contributed by atoms with Crippen LogP contribution >= 0.6 is 0 Å². The molecule has 0 aliphatic rings. The summed E-state index contributed by atoms with van der Waals surface area (Å²) in [5.41, 5.74) is 0.126. The second kappa shape index (κ2) is 9.36. The van der Waals surface area contributed by atoms with Crippen LogP contribution in [-0.2, 0) is 24.3 Å². The lowest BCUT2D eigenvalue weighted by Gasteiger charge is -2.13. The van der Waals surface area contributed by atoms with Crippen molar-refractivity contribution in [2.45, 2.75) is 24.8 Å². The first-order chi connectivity index (χ1) is 11.3. The summed E-state index contributed by atoms with van der Waals surface area (Å²) in [5, 5.41) is 2.46. The summed E-state index contributed by atoms with van der Waals surface area (Å²) in [4.78, 5) is 23.6. The number of carbonyl (C=O) groups is 2. The monoisotopic (exact) mass is 358 g/mol. The molecule has 1 atom stereocenters. The van der Waals surface area contributed by atoms with Gasteiger partial charge < -0.3 is 14.8 Å². The van der Waals surface area contributed by atoms with Crippen LogP contribution in [0.2, 0.25) is 0 Å². The molecule has 1 aromatic rings. The molecule has 0 saturated carbocycles. The Morgan fingerprint density at radius 2 is 2.00 bits per heavy atom. The van der Waals surface area contributed by atoms with Gasteiger partial charge in [-0.15, -0.1) is 0 Å². The summed E-state index contributed by atoms with van der Waals surface area (Å²) in [7, 11) is -2.28. The number of benzene rings is 1. The van der Waals surface area contributed by atoms with Gasteiger partial charge in [0, 0.05) is 19.2 Å². The third-order valence-electron chi connectivity index (χ3n) is 2.99. The quantitative estimate of drug-likeness (QED) is 0.485. The summed E-state index contributed by atoms with van der Waals surface area (Å²) in [6.07, 6.45) is 0. The lowest BCUT2D eigenvalue weighted by molar-refractivity contribution is -0.144. The third-order valence-corrected chi connectivity index (χ3v) is 4.45. The molecule has 0 fully saturated rings. The van der Waals surface area contributed by atoms with E-state index in [1.807, 2.05) is 0 Å². The summed E-state index contributed by atoms with van der Waals surface area (Å²) in [6.45, 7) is 3.71. The molecule has 134 valence electrons. The van der Waals surface area contributed by atoms with Gasteiger partial charge in [-0.25, -0.2) is 17.9 Å². The number of carbonyl (C=O) groups excluding carboxylic acids is 2. The summed E-state index contributed by atoms with van der Waals surface area (Å²) in [5.74, 6) is -1.12. The fraction of sp³-hybridized carbons (Fsp3) is 0.467. The van der Waals surface area contributed by atoms with Crippen molar-refractivity contribution in [3.63, 3.8) is 0 Å². The molecule has 1 aromatic carbocycles. The molecule has 0 aliphatic heterocycles. The van der Waals surface area contributed by atoms with Crippen LogP contribution in [-0.4, -0.2) is 53.2 Å². The van der Waals surface area contributed by atoms with Crippen LogP contribution in [0.5, 0.6) is 0 Å². The van der Waals surface area contributed by atoms with Gasteiger partial charge in [-0.1, -0.05) is 6.07 Å². The standard InChI is InChI=1S/C15H22N2O6S/c1-4-23-15(19)11(2)17-14(18)12-6-5-7-13(10-12)24(20,21)16-8-9-22-3/h5-7,10-11,16H,4,8-9H2,1-3H3,(H,17,18). The van der Waals surface area contributed by atoms with Gasteiger partial charge in [-0.2, -0.15) is 0 Å². The van der Waals surface area contributed by atoms with E-state index in [0.29, 0.717) is 0 Å². The number of rotatable bonds is 9. The maximum absolute atomic E-state index is 12.1. The number of nitrogens with one attached hydrogen (secondary N) is 2. The highest BCUT2D eigenvalue weighted by Crippen LogP contribution is 2.11. The Bertz CT molecular complexity index is 674. The lowest BCUT2D eigenvalue weighted by atomic mass is 10.2. The average Bonchev–Trinajstić information content (AvgIpc) is 2.55. The van der Waals surface area contributed by atoms with E-state index in [0.717, 1.165) is 0 Å². The normalized spacial score (nSPS) is 12.5. The van der Waals surface area contributed by atoms with Crippen LogP contribution < -0.4 is 10.0 Å². The minimum absolute atomic E-state index is 0.0463. The number of hydrogen-bond acceptors (Lipinski definition) is 6. The van der Waals surface area contributed by atoms with E-state index >= 15 is 0 Å². The molecule has 0 aliphatic carbocycles. The van der Waals surface area contributed by atoms with Gasteiger partial charge in [-0.05, 0) is 32.0 Å². The van der Waals surface area contributed by atoms with Gasteiger partial charge in [0.15, 0.2) is 0 Å². The van der Waals surface area contributed by atoms with Gasteiger partial charge >= 0.3 is 5.97 Å². The Labute approximate surface area is 141 Å². The van der Waals surface area contributed by atoms with Gasteiger partial charge in [0.1, 0.15) is 6.04 Å². The number of amides is 1. The van der Waals surface area contributed by atoms with Gasteiger partial charge in [0.25, 0.3) is 5.91 Å². The van der Waals surface area contributed by atoms with E-state index in [4.69, 9.17) is 9.47 Å². The molecule has 0 radical (unpaired) electrons. The molecule has 1 rings (SSSR count). The van der Waals surface area contributed by atoms with E-state index in [1.54, 1.807) is 6.92 Å². The van der Waals surface area contributed by atoms with Crippen LogP contribution in [0.1, 0.15) is 24.2 Å². The van der Waals surface area contributed by atoms with Crippen LogP contribution in [0, 0.1) is 0 Å². The van der Waals surface area contributed by atoms with Crippen molar-refractivity contribution in [2.24, 2.45) is 0 Å². The van der Waals surface area contributed by atoms with E-state index < -0.39 is 27.9 Å². The minimum Gasteiger partial charge on any atom is -0.464 e. The first kappa shape index (κ1) is 20.1. The van der Waals surface area contributed by atoms with Crippen molar-refractivity contribution in [2.75, 3.05) is 26.9 Å². The van der Waals surface area contributed by atoms with E-state index in [9.17, 15) is 18.0 Å². The third kappa shape index (κ3) is 5.91. The van der Waals surface area contributed by atoms with Crippen molar-refractivity contribution < 1.29 is 27.5 Å². The first-order valence-electron chi connectivity index (χ1n) is 7.38. The molecule has 1 amide bonds. The van der Waals surface area contributed by atoms with E-state index in [1.165, 1.54) is 38.3 Å². The smallest absolute Gasteiger partial charge is 0.328 e. The van der Waals surface area contributed by atoms with Crippen molar-refractivity contribution >= 4 is 21.9 Å². The van der Waals surface area contributed by atoms with Crippen LogP contribution in [0.3, 0.4) is 0 Å². The molecule has 0 heterocycles. The molecule has 1 unspecified atom stereocenters. The second-order valence-corrected chi connectivity index (χ2v) is 6.63. The van der Waals surface area contributed by atoms with Crippen LogP contribution in [0.4, 0.5) is 0 Å². The van der Waals surface area contributed by atoms with Gasteiger partial charge in [0.05, 0.1) is 18.1 Å². The number of methoxy groups -OCH3 is 1. The number of ether oxygens (including phenoxy) is 2. The number of sulfonamides is 1. The predicted molar refractivity (Wildman–Crippen MR) is 87.1 cm³/mol. The lowest BCUT2D eigenvalue weighted by Crippen LogP contribution is -2.39. The summed E-state index contributed by atoms with van der Waals surface area (Å²) in [6, 6.07) is 4.69. The molecule has 9 heteroatoms. The Hall–Kier alpha value is -1.97. The molecule has 0 spiro atoms. The van der Waals surface area contributed by atoms with E-state index in [-0.39, 0.29) is 30.2 Å². The summed E-state index contributed by atoms with van der Waals surface area (Å²) >= 11 is 0. The zero-order valence-electron chi connectivity index (χ0n) is 13.9. The van der Waals surface area contributed by atoms with Gasteiger partial charge in [-0.3, -0.25) is 4.79 Å². The van der Waals surface area contributed by atoms with Crippen LogP contribution in [0.15, 0.2) is 29.2 Å². The molecule has 8 nitrogen and oxygen atoms in total. The largest absolute Gasteiger partial charge is 0.464 e. The molecule has 0 aromatic heterocycles. The highest BCUT2D eigenvalue weighted by atomic mass is 32.2. The fourth-order valence-corrected chi connectivity index (χ4v) is 2.83. The Morgan fingerprint density at radius 3 is 2.62 bits per heavy atom. The number of hydrogen-bond donors (Lipinski definition) is 2. The second-order valence-electron chi connectivity index (χ2n) is 4.87. The van der Waals surface area contributed by atoms with Crippen molar-refractivity contribution in [1.29, 1.82) is 0 Å². The highest BCUT2D eigenvalue weighted by Gasteiger charge is 2.19. The Kier molecular flexibility index (Phi) is 7.83.